The van der Waals surface area contributed by atoms with Crippen molar-refractivity contribution in [1.29, 1.82) is 0 Å². The van der Waals surface area contributed by atoms with E-state index < -0.39 is 16.3 Å². The first-order valence-corrected chi connectivity index (χ1v) is 9.06. The molecule has 0 aliphatic heterocycles. The molecule has 0 fully saturated rings. The Morgan fingerprint density at radius 2 is 1.93 bits per heavy atom. The van der Waals surface area contributed by atoms with Gasteiger partial charge in [0.25, 0.3) is 0 Å². The highest BCUT2D eigenvalue weighted by atomic mass is 16.6. The molecule has 30 heavy (non-hydrogen) atoms. The van der Waals surface area contributed by atoms with Gasteiger partial charge in [0.2, 0.25) is 16.9 Å². The van der Waals surface area contributed by atoms with Gasteiger partial charge in [-0.2, -0.15) is 0 Å². The number of esters is 1. The Kier molecular flexibility index (Phi) is 6.01. The van der Waals surface area contributed by atoms with Crippen molar-refractivity contribution in [2.45, 2.75) is 20.3 Å². The van der Waals surface area contributed by atoms with Crippen LogP contribution in [0, 0.1) is 17.0 Å². The fourth-order valence-corrected chi connectivity index (χ4v) is 2.89. The van der Waals surface area contributed by atoms with Gasteiger partial charge in [-0.25, -0.2) is 4.79 Å². The van der Waals surface area contributed by atoms with E-state index in [4.69, 9.17) is 13.9 Å². The van der Waals surface area contributed by atoms with Crippen LogP contribution in [0.3, 0.4) is 0 Å². The summed E-state index contributed by atoms with van der Waals surface area (Å²) >= 11 is 0. The van der Waals surface area contributed by atoms with Crippen LogP contribution in [-0.4, -0.2) is 24.6 Å². The number of carbonyl (C=O) groups excluding carboxylic acids is 1. The molecule has 0 bridgehead atoms. The van der Waals surface area contributed by atoms with Gasteiger partial charge >= 0.3 is 11.7 Å². The summed E-state index contributed by atoms with van der Waals surface area (Å²) in [5, 5.41) is 11.5. The Balaban J connectivity index is 2.08. The Morgan fingerprint density at radius 3 is 2.60 bits per heavy atom. The Labute approximate surface area is 170 Å². The van der Waals surface area contributed by atoms with Crippen molar-refractivity contribution in [1.82, 2.24) is 0 Å². The number of nitro groups is 1. The van der Waals surface area contributed by atoms with Gasteiger partial charge in [0.05, 0.1) is 17.4 Å². The van der Waals surface area contributed by atoms with Gasteiger partial charge in [-0.15, -0.1) is 0 Å². The maximum atomic E-state index is 13.1. The van der Waals surface area contributed by atoms with E-state index in [0.29, 0.717) is 17.7 Å². The molecule has 0 aliphatic carbocycles. The summed E-state index contributed by atoms with van der Waals surface area (Å²) in [6.07, 6.45) is 0.528. The van der Waals surface area contributed by atoms with E-state index in [9.17, 15) is 19.7 Å². The van der Waals surface area contributed by atoms with E-state index in [2.05, 4.69) is 4.74 Å². The number of hydrogen-bond acceptors (Lipinski definition) is 8. The van der Waals surface area contributed by atoms with Crippen LogP contribution >= 0.6 is 0 Å². The van der Waals surface area contributed by atoms with Crippen molar-refractivity contribution in [3.8, 4) is 17.2 Å². The van der Waals surface area contributed by atoms with Gasteiger partial charge in [0.15, 0.2) is 6.61 Å². The number of para-hydroxylation sites is 2. The molecule has 0 unspecified atom stereocenters. The van der Waals surface area contributed by atoms with E-state index >= 15 is 0 Å². The lowest BCUT2D eigenvalue weighted by Gasteiger charge is -2.13. The number of ether oxygens (including phenoxy) is 3. The van der Waals surface area contributed by atoms with E-state index in [1.807, 2.05) is 6.92 Å². The molecule has 0 amide bonds. The Morgan fingerprint density at radius 1 is 1.20 bits per heavy atom. The molecule has 9 heteroatoms. The zero-order chi connectivity index (χ0) is 21.8. The maximum absolute atomic E-state index is 13.1. The molecule has 0 spiro atoms. The first-order valence-electron chi connectivity index (χ1n) is 9.06. The molecule has 0 atom stereocenters. The second-order valence-electron chi connectivity index (χ2n) is 6.32. The van der Waals surface area contributed by atoms with Crippen LogP contribution in [0.2, 0.25) is 0 Å². The van der Waals surface area contributed by atoms with Crippen LogP contribution in [0.25, 0.3) is 11.0 Å². The summed E-state index contributed by atoms with van der Waals surface area (Å²) in [6, 6.07) is 8.89. The van der Waals surface area contributed by atoms with Crippen molar-refractivity contribution in [3.63, 3.8) is 0 Å². The molecule has 1 aromatic heterocycles. The molecular weight excluding hydrogens is 394 g/mol. The van der Waals surface area contributed by atoms with Gasteiger partial charge in [0, 0.05) is 12.1 Å². The number of benzene rings is 2. The predicted molar refractivity (Wildman–Crippen MR) is 107 cm³/mol. The van der Waals surface area contributed by atoms with Crippen molar-refractivity contribution >= 4 is 22.6 Å². The van der Waals surface area contributed by atoms with Crippen LogP contribution < -0.4 is 14.9 Å². The predicted octanol–water partition coefficient (Wildman–Crippen LogP) is 3.92. The third-order valence-electron chi connectivity index (χ3n) is 4.42. The van der Waals surface area contributed by atoms with E-state index in [1.165, 1.54) is 38.3 Å². The standard InChI is InChI=1S/C21H19NO8/c1-4-13-9-14-18(10-17(13)28-11-19(23)27-3)29-12(2)21(20(14)24)30-16-8-6-5-7-15(16)22(25)26/h5-10H,4,11H2,1-3H3. The number of hydrogen-bond donors (Lipinski definition) is 0. The number of nitro benzene ring substituents is 1. The summed E-state index contributed by atoms with van der Waals surface area (Å²) in [4.78, 5) is 35.1. The molecule has 1 heterocycles. The average Bonchev–Trinajstić information content (AvgIpc) is 2.74. The summed E-state index contributed by atoms with van der Waals surface area (Å²) in [7, 11) is 1.26. The lowest BCUT2D eigenvalue weighted by Crippen LogP contribution is -2.14. The molecule has 9 nitrogen and oxygen atoms in total. The molecule has 0 N–H and O–H groups in total. The number of aryl methyl sites for hydroxylation is 2. The van der Waals surface area contributed by atoms with Crippen molar-refractivity contribution in [3.05, 3.63) is 68.1 Å². The van der Waals surface area contributed by atoms with Gasteiger partial charge in [0.1, 0.15) is 17.1 Å². The van der Waals surface area contributed by atoms with Crippen molar-refractivity contribution < 1.29 is 28.3 Å². The van der Waals surface area contributed by atoms with E-state index in [1.54, 1.807) is 12.1 Å². The van der Waals surface area contributed by atoms with Crippen LogP contribution in [0.15, 0.2) is 45.6 Å². The summed E-state index contributed by atoms with van der Waals surface area (Å²) in [5.74, 6) is -0.199. The lowest BCUT2D eigenvalue weighted by molar-refractivity contribution is -0.385. The highest BCUT2D eigenvalue weighted by Gasteiger charge is 2.21. The smallest absolute Gasteiger partial charge is 0.343 e. The van der Waals surface area contributed by atoms with Crippen LogP contribution in [-0.2, 0) is 16.0 Å². The number of carbonyl (C=O) groups is 1. The van der Waals surface area contributed by atoms with Crippen LogP contribution in [0.4, 0.5) is 5.69 Å². The second-order valence-corrected chi connectivity index (χ2v) is 6.32. The molecule has 0 radical (unpaired) electrons. The van der Waals surface area contributed by atoms with Gasteiger partial charge < -0.3 is 18.6 Å². The molecule has 0 saturated heterocycles. The quantitative estimate of drug-likeness (QED) is 0.325. The first kappa shape index (κ1) is 20.8. The topological polar surface area (TPSA) is 118 Å². The third kappa shape index (κ3) is 4.09. The summed E-state index contributed by atoms with van der Waals surface area (Å²) in [5.41, 5.74) is 0.182. The first-order chi connectivity index (χ1) is 14.3. The average molecular weight is 413 g/mol. The van der Waals surface area contributed by atoms with Crippen LogP contribution in [0.1, 0.15) is 18.2 Å². The second kappa shape index (κ2) is 8.64. The number of methoxy groups -OCH3 is 1. The van der Waals surface area contributed by atoms with Crippen molar-refractivity contribution in [2.75, 3.05) is 13.7 Å². The van der Waals surface area contributed by atoms with Crippen LogP contribution in [0.5, 0.6) is 17.2 Å². The molecule has 0 saturated carbocycles. The minimum Gasteiger partial charge on any atom is -0.481 e. The van der Waals surface area contributed by atoms with Gasteiger partial charge in [-0.3, -0.25) is 14.9 Å². The molecule has 156 valence electrons. The minimum atomic E-state index is -0.590. The summed E-state index contributed by atoms with van der Waals surface area (Å²) in [6.45, 7) is 3.11. The van der Waals surface area contributed by atoms with E-state index in [0.717, 1.165) is 0 Å². The minimum absolute atomic E-state index is 0.0639. The monoisotopic (exact) mass is 413 g/mol. The highest BCUT2D eigenvalue weighted by Crippen LogP contribution is 2.33. The Hall–Kier alpha value is -3.88. The number of nitrogens with zero attached hydrogens (tertiary/aromatic N) is 1. The van der Waals surface area contributed by atoms with Gasteiger partial charge in [-0.1, -0.05) is 19.1 Å². The largest absolute Gasteiger partial charge is 0.481 e. The number of fused-ring (bicyclic) bond motifs is 1. The molecular formula is C21H19NO8. The van der Waals surface area contributed by atoms with Crippen molar-refractivity contribution in [2.24, 2.45) is 0 Å². The molecule has 3 aromatic rings. The molecule has 3 rings (SSSR count). The fraction of sp³-hybridized carbons (Fsp3) is 0.238. The SMILES string of the molecule is CCc1cc2c(=O)c(Oc3ccccc3[N+](=O)[O-])c(C)oc2cc1OCC(=O)OC. The molecule has 2 aromatic carbocycles. The number of rotatable bonds is 7. The maximum Gasteiger partial charge on any atom is 0.343 e. The Bertz CT molecular complexity index is 1180. The van der Waals surface area contributed by atoms with E-state index in [-0.39, 0.29) is 40.5 Å². The van der Waals surface area contributed by atoms with Gasteiger partial charge in [-0.05, 0) is 31.0 Å². The zero-order valence-corrected chi connectivity index (χ0v) is 16.6. The fourth-order valence-electron chi connectivity index (χ4n) is 2.89. The zero-order valence-electron chi connectivity index (χ0n) is 16.6. The molecule has 0 aliphatic rings. The highest BCUT2D eigenvalue weighted by molar-refractivity contribution is 5.81. The third-order valence-corrected chi connectivity index (χ3v) is 4.42. The lowest BCUT2D eigenvalue weighted by atomic mass is 10.1. The summed E-state index contributed by atoms with van der Waals surface area (Å²) < 4.78 is 21.4. The normalized spacial score (nSPS) is 10.6.